The van der Waals surface area contributed by atoms with E-state index in [9.17, 15) is 15.3 Å². The summed E-state index contributed by atoms with van der Waals surface area (Å²) in [6, 6.07) is 9.26. The molecule has 1 aromatic rings. The van der Waals surface area contributed by atoms with Crippen LogP contribution in [0.15, 0.2) is 30.3 Å². The molecule has 5 atom stereocenters. The second-order valence-corrected chi connectivity index (χ2v) is 5.63. The molecule has 2 saturated heterocycles. The van der Waals surface area contributed by atoms with Crippen LogP contribution < -0.4 is 0 Å². The highest BCUT2D eigenvalue weighted by Gasteiger charge is 2.53. The van der Waals surface area contributed by atoms with E-state index in [-0.39, 0.29) is 12.1 Å². The van der Waals surface area contributed by atoms with Crippen LogP contribution in [0.5, 0.6) is 0 Å². The molecule has 0 saturated carbocycles. The predicted octanol–water partition coefficient (Wildman–Crippen LogP) is -0.258. The Labute approximate surface area is 118 Å². The van der Waals surface area contributed by atoms with E-state index >= 15 is 0 Å². The Morgan fingerprint density at radius 2 is 1.85 bits per heavy atom. The van der Waals surface area contributed by atoms with Crippen LogP contribution in [0.3, 0.4) is 0 Å². The first-order chi connectivity index (χ1) is 9.68. The SMILES string of the molecule is O[C@@H]1[C@H](O)[C@@H](COCc2ccccc2)N2CC[C@H](O)[C@H]12. The molecular formula is C15H21NO4. The van der Waals surface area contributed by atoms with Crippen molar-refractivity contribution in [2.45, 2.75) is 43.4 Å². The summed E-state index contributed by atoms with van der Waals surface area (Å²) >= 11 is 0. The highest BCUT2D eigenvalue weighted by atomic mass is 16.5. The third-order valence-corrected chi connectivity index (χ3v) is 4.38. The van der Waals surface area contributed by atoms with Crippen LogP contribution in [-0.2, 0) is 11.3 Å². The summed E-state index contributed by atoms with van der Waals surface area (Å²) in [7, 11) is 0. The lowest BCUT2D eigenvalue weighted by molar-refractivity contribution is -0.0103. The van der Waals surface area contributed by atoms with Crippen LogP contribution in [-0.4, -0.2) is 63.8 Å². The molecule has 3 rings (SSSR count). The number of fused-ring (bicyclic) bond motifs is 1. The molecule has 0 aliphatic carbocycles. The van der Waals surface area contributed by atoms with E-state index in [4.69, 9.17) is 4.74 Å². The molecule has 3 N–H and O–H groups in total. The van der Waals surface area contributed by atoms with Gasteiger partial charge in [-0.2, -0.15) is 0 Å². The van der Waals surface area contributed by atoms with E-state index in [0.717, 1.165) is 5.56 Å². The van der Waals surface area contributed by atoms with E-state index in [1.54, 1.807) is 0 Å². The molecular weight excluding hydrogens is 258 g/mol. The van der Waals surface area contributed by atoms with Crippen LogP contribution in [0.1, 0.15) is 12.0 Å². The molecule has 0 radical (unpaired) electrons. The Bertz CT molecular complexity index is 441. The van der Waals surface area contributed by atoms with Crippen LogP contribution in [0, 0.1) is 0 Å². The van der Waals surface area contributed by atoms with Gasteiger partial charge in [-0.1, -0.05) is 30.3 Å². The number of benzene rings is 1. The van der Waals surface area contributed by atoms with Crippen molar-refractivity contribution in [3.63, 3.8) is 0 Å². The van der Waals surface area contributed by atoms with Gasteiger partial charge in [0.15, 0.2) is 0 Å². The van der Waals surface area contributed by atoms with Gasteiger partial charge in [0.05, 0.1) is 43.6 Å². The lowest BCUT2D eigenvalue weighted by atomic mass is 10.0. The fraction of sp³-hybridized carbons (Fsp3) is 0.600. The predicted molar refractivity (Wildman–Crippen MR) is 73.0 cm³/mol. The Kier molecular flexibility index (Phi) is 4.05. The molecule has 0 unspecified atom stereocenters. The highest BCUT2D eigenvalue weighted by Crippen LogP contribution is 2.33. The van der Waals surface area contributed by atoms with E-state index in [0.29, 0.717) is 26.2 Å². The topological polar surface area (TPSA) is 73.2 Å². The molecule has 0 bridgehead atoms. The zero-order valence-corrected chi connectivity index (χ0v) is 11.3. The van der Waals surface area contributed by atoms with Gasteiger partial charge in [0.1, 0.15) is 0 Å². The van der Waals surface area contributed by atoms with Gasteiger partial charge in [-0.25, -0.2) is 0 Å². The third kappa shape index (κ3) is 2.47. The van der Waals surface area contributed by atoms with Crippen LogP contribution in [0.4, 0.5) is 0 Å². The van der Waals surface area contributed by atoms with Crippen molar-refractivity contribution in [2.24, 2.45) is 0 Å². The van der Waals surface area contributed by atoms with Crippen LogP contribution in [0.2, 0.25) is 0 Å². The number of aliphatic hydroxyl groups is 3. The minimum Gasteiger partial charge on any atom is -0.391 e. The van der Waals surface area contributed by atoms with Crippen molar-refractivity contribution >= 4 is 0 Å². The Balaban J connectivity index is 1.57. The molecule has 2 fully saturated rings. The fourth-order valence-electron chi connectivity index (χ4n) is 3.32. The van der Waals surface area contributed by atoms with Gasteiger partial charge in [0.2, 0.25) is 0 Å². The number of nitrogens with zero attached hydrogens (tertiary/aromatic N) is 1. The van der Waals surface area contributed by atoms with E-state index in [1.807, 2.05) is 35.2 Å². The normalized spacial score (nSPS) is 37.2. The third-order valence-electron chi connectivity index (χ3n) is 4.38. The number of hydrogen-bond donors (Lipinski definition) is 3. The first-order valence-corrected chi connectivity index (χ1v) is 7.10. The maximum Gasteiger partial charge on any atom is 0.0995 e. The quantitative estimate of drug-likeness (QED) is 0.708. The Morgan fingerprint density at radius 3 is 2.60 bits per heavy atom. The first-order valence-electron chi connectivity index (χ1n) is 7.10. The van der Waals surface area contributed by atoms with Crippen molar-refractivity contribution in [1.82, 2.24) is 4.90 Å². The zero-order valence-electron chi connectivity index (χ0n) is 11.3. The summed E-state index contributed by atoms with van der Waals surface area (Å²) in [6.45, 7) is 1.54. The van der Waals surface area contributed by atoms with Gasteiger partial charge < -0.3 is 20.1 Å². The van der Waals surface area contributed by atoms with Crippen molar-refractivity contribution < 1.29 is 20.1 Å². The fourth-order valence-corrected chi connectivity index (χ4v) is 3.32. The Hall–Kier alpha value is -0.980. The summed E-state index contributed by atoms with van der Waals surface area (Å²) in [4.78, 5) is 1.98. The summed E-state index contributed by atoms with van der Waals surface area (Å²) < 4.78 is 5.67. The van der Waals surface area contributed by atoms with Gasteiger partial charge in [0, 0.05) is 6.54 Å². The molecule has 0 amide bonds. The smallest absolute Gasteiger partial charge is 0.0995 e. The molecule has 2 heterocycles. The lowest BCUT2D eigenvalue weighted by Crippen LogP contribution is -2.40. The van der Waals surface area contributed by atoms with E-state index in [1.165, 1.54) is 0 Å². The molecule has 0 spiro atoms. The van der Waals surface area contributed by atoms with Gasteiger partial charge in [0.25, 0.3) is 0 Å². The average Bonchev–Trinajstić information content (AvgIpc) is 2.94. The molecule has 5 heteroatoms. The average molecular weight is 279 g/mol. The number of hydrogen-bond acceptors (Lipinski definition) is 5. The van der Waals surface area contributed by atoms with E-state index < -0.39 is 18.3 Å². The molecule has 1 aromatic carbocycles. The molecule has 5 nitrogen and oxygen atoms in total. The largest absolute Gasteiger partial charge is 0.391 e. The van der Waals surface area contributed by atoms with Gasteiger partial charge in [-0.05, 0) is 12.0 Å². The van der Waals surface area contributed by atoms with Crippen molar-refractivity contribution in [3.05, 3.63) is 35.9 Å². The first kappa shape index (κ1) is 14.0. The van der Waals surface area contributed by atoms with Crippen molar-refractivity contribution in [3.8, 4) is 0 Å². The minimum atomic E-state index is -0.891. The molecule has 0 aromatic heterocycles. The second-order valence-electron chi connectivity index (χ2n) is 5.63. The summed E-state index contributed by atoms with van der Waals surface area (Å²) in [5, 5.41) is 30.0. The van der Waals surface area contributed by atoms with Crippen LogP contribution in [0.25, 0.3) is 0 Å². The van der Waals surface area contributed by atoms with E-state index in [2.05, 4.69) is 0 Å². The number of ether oxygens (including phenoxy) is 1. The second kappa shape index (κ2) is 5.79. The maximum atomic E-state index is 10.1. The van der Waals surface area contributed by atoms with Crippen molar-refractivity contribution in [1.29, 1.82) is 0 Å². The number of rotatable bonds is 4. The van der Waals surface area contributed by atoms with Crippen LogP contribution >= 0.6 is 0 Å². The van der Waals surface area contributed by atoms with Gasteiger partial charge >= 0.3 is 0 Å². The lowest BCUT2D eigenvalue weighted by Gasteiger charge is -2.24. The van der Waals surface area contributed by atoms with Gasteiger partial charge in [-0.15, -0.1) is 0 Å². The van der Waals surface area contributed by atoms with Crippen molar-refractivity contribution in [2.75, 3.05) is 13.2 Å². The molecule has 110 valence electrons. The highest BCUT2D eigenvalue weighted by molar-refractivity contribution is 5.13. The standard InChI is InChI=1S/C15H21NO4/c17-12-6-7-16-11(14(18)15(19)13(12)16)9-20-8-10-4-2-1-3-5-10/h1-5,11-15,17-19H,6-9H2/t11-,12+,13-,14-,15+/m1/s1. The molecule has 20 heavy (non-hydrogen) atoms. The maximum absolute atomic E-state index is 10.1. The number of aliphatic hydroxyl groups excluding tert-OH is 3. The summed E-state index contributed by atoms with van der Waals surface area (Å²) in [5.74, 6) is 0. The minimum absolute atomic E-state index is 0.240. The monoisotopic (exact) mass is 279 g/mol. The summed E-state index contributed by atoms with van der Waals surface area (Å²) in [5.41, 5.74) is 1.08. The molecule has 2 aliphatic rings. The molecule has 2 aliphatic heterocycles. The zero-order chi connectivity index (χ0) is 14.1. The Morgan fingerprint density at radius 1 is 1.10 bits per heavy atom. The van der Waals surface area contributed by atoms with Gasteiger partial charge in [-0.3, -0.25) is 4.90 Å². The summed E-state index contributed by atoms with van der Waals surface area (Å²) in [6.07, 6.45) is -1.66.